The van der Waals surface area contributed by atoms with E-state index in [0.717, 1.165) is 25.7 Å². The molecule has 0 amide bonds. The molecule has 3 heteroatoms. The van der Waals surface area contributed by atoms with Crippen molar-refractivity contribution < 1.29 is 9.94 Å². The van der Waals surface area contributed by atoms with Crippen molar-refractivity contribution in [3.63, 3.8) is 0 Å². The topological polar surface area (TPSA) is 41.5 Å². The van der Waals surface area contributed by atoms with Gasteiger partial charge in [0.05, 0.1) is 18.8 Å². The van der Waals surface area contributed by atoms with Gasteiger partial charge < -0.3 is 9.94 Å². The SMILES string of the molecule is CONC(C)C1(O)CCCCCCCCCCC1. The van der Waals surface area contributed by atoms with Crippen molar-refractivity contribution in [1.29, 1.82) is 0 Å². The van der Waals surface area contributed by atoms with Crippen molar-refractivity contribution in [2.75, 3.05) is 7.11 Å². The van der Waals surface area contributed by atoms with E-state index in [4.69, 9.17) is 4.84 Å². The third-order valence-corrected chi connectivity index (χ3v) is 4.32. The average molecular weight is 257 g/mol. The van der Waals surface area contributed by atoms with Crippen molar-refractivity contribution in [2.24, 2.45) is 0 Å². The summed E-state index contributed by atoms with van der Waals surface area (Å²) < 4.78 is 0. The van der Waals surface area contributed by atoms with Crippen LogP contribution in [0.3, 0.4) is 0 Å². The van der Waals surface area contributed by atoms with Crippen molar-refractivity contribution >= 4 is 0 Å². The highest BCUT2D eigenvalue weighted by Crippen LogP contribution is 2.27. The summed E-state index contributed by atoms with van der Waals surface area (Å²) in [5, 5.41) is 10.8. The molecule has 1 unspecified atom stereocenters. The zero-order valence-electron chi connectivity index (χ0n) is 12.2. The van der Waals surface area contributed by atoms with Gasteiger partial charge in [-0.05, 0) is 19.8 Å². The Morgan fingerprint density at radius 1 is 0.889 bits per heavy atom. The molecule has 1 rings (SSSR count). The maximum atomic E-state index is 10.8. The Bertz CT molecular complexity index is 197. The maximum Gasteiger partial charge on any atom is 0.0820 e. The summed E-state index contributed by atoms with van der Waals surface area (Å²) in [6, 6.07) is 0.00504. The number of rotatable bonds is 3. The van der Waals surface area contributed by atoms with Gasteiger partial charge in [-0.2, -0.15) is 5.48 Å². The molecular weight excluding hydrogens is 226 g/mol. The molecule has 0 aromatic carbocycles. The van der Waals surface area contributed by atoms with Crippen molar-refractivity contribution in [3.8, 4) is 0 Å². The van der Waals surface area contributed by atoms with Crippen LogP contribution in [0.1, 0.15) is 77.6 Å². The first-order chi connectivity index (χ1) is 8.69. The van der Waals surface area contributed by atoms with Gasteiger partial charge in [0.2, 0.25) is 0 Å². The van der Waals surface area contributed by atoms with E-state index in [1.54, 1.807) is 7.11 Å². The van der Waals surface area contributed by atoms with Crippen LogP contribution in [-0.4, -0.2) is 23.9 Å². The second kappa shape index (κ2) is 8.89. The third-order valence-electron chi connectivity index (χ3n) is 4.32. The normalized spacial score (nSPS) is 24.8. The molecule has 1 saturated carbocycles. The van der Waals surface area contributed by atoms with E-state index in [9.17, 15) is 5.11 Å². The first-order valence-corrected chi connectivity index (χ1v) is 7.70. The van der Waals surface area contributed by atoms with E-state index in [1.165, 1.54) is 44.9 Å². The second-order valence-electron chi connectivity index (χ2n) is 5.83. The Hall–Kier alpha value is -0.120. The number of hydroxylamine groups is 1. The lowest BCUT2D eigenvalue weighted by Crippen LogP contribution is -2.48. The summed E-state index contributed by atoms with van der Waals surface area (Å²) in [7, 11) is 1.62. The van der Waals surface area contributed by atoms with Crippen LogP contribution in [0.15, 0.2) is 0 Å². The van der Waals surface area contributed by atoms with Crippen molar-refractivity contribution in [2.45, 2.75) is 89.2 Å². The molecule has 108 valence electrons. The highest BCUT2D eigenvalue weighted by Gasteiger charge is 2.32. The molecular formula is C15H31NO2. The van der Waals surface area contributed by atoms with Gasteiger partial charge in [-0.1, -0.05) is 57.8 Å². The molecule has 0 heterocycles. The third kappa shape index (κ3) is 5.68. The Morgan fingerprint density at radius 2 is 1.28 bits per heavy atom. The van der Waals surface area contributed by atoms with Crippen LogP contribution >= 0.6 is 0 Å². The zero-order valence-corrected chi connectivity index (χ0v) is 12.2. The van der Waals surface area contributed by atoms with E-state index in [-0.39, 0.29) is 6.04 Å². The van der Waals surface area contributed by atoms with Crippen LogP contribution in [0.5, 0.6) is 0 Å². The minimum Gasteiger partial charge on any atom is -0.388 e. The number of nitrogens with one attached hydrogen (secondary N) is 1. The van der Waals surface area contributed by atoms with Crippen molar-refractivity contribution in [1.82, 2.24) is 5.48 Å². The standard InChI is InChI=1S/C15H31NO2/c1-14(16-18-2)15(17)12-10-8-6-4-3-5-7-9-11-13-15/h14,16-17H,3-13H2,1-2H3. The minimum atomic E-state index is -0.602. The highest BCUT2D eigenvalue weighted by molar-refractivity contribution is 4.87. The summed E-state index contributed by atoms with van der Waals surface area (Å²) in [4.78, 5) is 4.98. The summed E-state index contributed by atoms with van der Waals surface area (Å²) in [5.74, 6) is 0. The van der Waals surface area contributed by atoms with Gasteiger partial charge in [0, 0.05) is 0 Å². The first-order valence-electron chi connectivity index (χ1n) is 7.70. The quantitative estimate of drug-likeness (QED) is 0.760. The van der Waals surface area contributed by atoms with Crippen LogP contribution in [0.2, 0.25) is 0 Å². The average Bonchev–Trinajstić information content (AvgIpc) is 2.34. The Kier molecular flexibility index (Phi) is 7.87. The highest BCUT2D eigenvalue weighted by atomic mass is 16.6. The summed E-state index contributed by atoms with van der Waals surface area (Å²) in [5.41, 5.74) is 2.32. The molecule has 0 aromatic rings. The molecule has 1 fully saturated rings. The molecule has 0 saturated heterocycles. The Morgan fingerprint density at radius 3 is 1.67 bits per heavy atom. The molecule has 0 spiro atoms. The lowest BCUT2D eigenvalue weighted by Gasteiger charge is -2.34. The van der Waals surface area contributed by atoms with E-state index in [2.05, 4.69) is 5.48 Å². The lowest BCUT2D eigenvalue weighted by atomic mass is 9.84. The van der Waals surface area contributed by atoms with Gasteiger partial charge >= 0.3 is 0 Å². The molecule has 0 radical (unpaired) electrons. The van der Waals surface area contributed by atoms with Gasteiger partial charge in [-0.15, -0.1) is 0 Å². The molecule has 1 aliphatic rings. The van der Waals surface area contributed by atoms with Gasteiger partial charge in [0.15, 0.2) is 0 Å². The molecule has 0 aliphatic heterocycles. The Balaban J connectivity index is 2.48. The van der Waals surface area contributed by atoms with Crippen LogP contribution in [0.4, 0.5) is 0 Å². The molecule has 1 aliphatic carbocycles. The van der Waals surface area contributed by atoms with E-state index in [1.807, 2.05) is 6.92 Å². The summed E-state index contributed by atoms with van der Waals surface area (Å²) in [6.07, 6.45) is 13.3. The molecule has 1 atom stereocenters. The van der Waals surface area contributed by atoms with Crippen LogP contribution < -0.4 is 5.48 Å². The fraction of sp³-hybridized carbons (Fsp3) is 1.00. The number of hydrogen-bond acceptors (Lipinski definition) is 3. The molecule has 0 aromatic heterocycles. The fourth-order valence-corrected chi connectivity index (χ4v) is 2.94. The fourth-order valence-electron chi connectivity index (χ4n) is 2.94. The van der Waals surface area contributed by atoms with Gasteiger partial charge in [0.25, 0.3) is 0 Å². The van der Waals surface area contributed by atoms with Gasteiger partial charge in [0.1, 0.15) is 0 Å². The largest absolute Gasteiger partial charge is 0.388 e. The minimum absolute atomic E-state index is 0.00504. The Labute approximate surface area is 112 Å². The van der Waals surface area contributed by atoms with Gasteiger partial charge in [-0.3, -0.25) is 0 Å². The molecule has 18 heavy (non-hydrogen) atoms. The lowest BCUT2D eigenvalue weighted by molar-refractivity contribution is -0.0654. The second-order valence-corrected chi connectivity index (χ2v) is 5.83. The van der Waals surface area contributed by atoms with Crippen LogP contribution in [0.25, 0.3) is 0 Å². The smallest absolute Gasteiger partial charge is 0.0820 e. The van der Waals surface area contributed by atoms with Gasteiger partial charge in [-0.25, -0.2) is 0 Å². The monoisotopic (exact) mass is 257 g/mol. The summed E-state index contributed by atoms with van der Waals surface area (Å²) >= 11 is 0. The summed E-state index contributed by atoms with van der Waals surface area (Å²) in [6.45, 7) is 2.02. The molecule has 0 bridgehead atoms. The van der Waals surface area contributed by atoms with Crippen LogP contribution in [-0.2, 0) is 4.84 Å². The van der Waals surface area contributed by atoms with E-state index in [0.29, 0.717) is 0 Å². The van der Waals surface area contributed by atoms with E-state index >= 15 is 0 Å². The zero-order chi connectivity index (χ0) is 13.3. The molecule has 2 N–H and O–H groups in total. The first kappa shape index (κ1) is 15.9. The predicted octanol–water partition coefficient (Wildman–Crippen LogP) is 3.56. The molecule has 3 nitrogen and oxygen atoms in total. The van der Waals surface area contributed by atoms with Crippen LogP contribution in [0, 0.1) is 0 Å². The predicted molar refractivity (Wildman–Crippen MR) is 75.3 cm³/mol. The number of aliphatic hydroxyl groups is 1. The van der Waals surface area contributed by atoms with E-state index < -0.39 is 5.60 Å². The maximum absolute atomic E-state index is 10.8. The van der Waals surface area contributed by atoms with Crippen molar-refractivity contribution in [3.05, 3.63) is 0 Å². The number of hydrogen-bond donors (Lipinski definition) is 2.